The van der Waals surface area contributed by atoms with E-state index in [4.69, 9.17) is 0 Å². The molecule has 0 aliphatic rings. The van der Waals surface area contributed by atoms with Crippen molar-refractivity contribution in [2.75, 3.05) is 4.90 Å². The van der Waals surface area contributed by atoms with Gasteiger partial charge in [-0.15, -0.1) is 0 Å². The average Bonchev–Trinajstić information content (AvgIpc) is 3.29. The number of fused-ring (bicyclic) bond motifs is 8. The zero-order valence-corrected chi connectivity index (χ0v) is 31.3. The summed E-state index contributed by atoms with van der Waals surface area (Å²) in [6.07, 6.45) is 0. The smallest absolute Gasteiger partial charge is 0.0540 e. The highest BCUT2D eigenvalue weighted by atomic mass is 15.1. The van der Waals surface area contributed by atoms with Gasteiger partial charge < -0.3 is 4.90 Å². The molecule has 0 saturated heterocycles. The maximum Gasteiger partial charge on any atom is 0.0540 e. The third-order valence-electron chi connectivity index (χ3n) is 11.6. The van der Waals surface area contributed by atoms with Gasteiger partial charge in [0.2, 0.25) is 0 Å². The number of benzene rings is 11. The summed E-state index contributed by atoms with van der Waals surface area (Å²) in [6, 6.07) is 82.0. The van der Waals surface area contributed by atoms with Crippen LogP contribution in [0.3, 0.4) is 0 Å². The van der Waals surface area contributed by atoms with Crippen LogP contribution >= 0.6 is 0 Å². The fraction of sp³-hybridized carbons (Fsp3) is 0. The number of anilines is 3. The van der Waals surface area contributed by atoms with Crippen LogP contribution in [0.2, 0.25) is 0 Å². The summed E-state index contributed by atoms with van der Waals surface area (Å²) in [7, 11) is 0. The highest BCUT2D eigenvalue weighted by molar-refractivity contribution is 6.25. The van der Waals surface area contributed by atoms with Gasteiger partial charge in [0.25, 0.3) is 0 Å². The second-order valence-electron chi connectivity index (χ2n) is 14.9. The Morgan fingerprint density at radius 1 is 0.228 bits per heavy atom. The summed E-state index contributed by atoms with van der Waals surface area (Å²) in [5, 5.41) is 12.7. The third-order valence-corrected chi connectivity index (χ3v) is 11.6. The lowest BCUT2D eigenvalue weighted by Gasteiger charge is -2.29. The van der Waals surface area contributed by atoms with E-state index in [1.54, 1.807) is 0 Å². The van der Waals surface area contributed by atoms with Gasteiger partial charge in [-0.1, -0.05) is 188 Å². The lowest BCUT2D eigenvalue weighted by molar-refractivity contribution is 1.30. The Hall–Kier alpha value is -7.48. The minimum Gasteiger partial charge on any atom is -0.309 e. The zero-order valence-electron chi connectivity index (χ0n) is 31.3. The van der Waals surface area contributed by atoms with Gasteiger partial charge in [-0.05, 0) is 113 Å². The molecule has 11 aromatic carbocycles. The van der Waals surface area contributed by atoms with Crippen molar-refractivity contribution in [1.82, 2.24) is 0 Å². The summed E-state index contributed by atoms with van der Waals surface area (Å²) in [5.74, 6) is 0. The van der Waals surface area contributed by atoms with Crippen molar-refractivity contribution in [1.29, 1.82) is 0 Å². The van der Waals surface area contributed by atoms with E-state index in [2.05, 4.69) is 229 Å². The van der Waals surface area contributed by atoms with Crippen molar-refractivity contribution in [3.8, 4) is 33.4 Å². The molecule has 0 heterocycles. The fourth-order valence-corrected chi connectivity index (χ4v) is 8.95. The SMILES string of the molecule is c1cc(-c2ccccc2N(c2ccc(-c3ccc4c5ccccc5c5ccccc5c4c3)cc2)c2cccc3ccccc23)cc(-c2cccc3ccccc23)c1. The van der Waals surface area contributed by atoms with Gasteiger partial charge in [0, 0.05) is 16.6 Å². The predicted molar refractivity (Wildman–Crippen MR) is 245 cm³/mol. The first-order chi connectivity index (χ1) is 28.3. The second-order valence-corrected chi connectivity index (χ2v) is 14.9. The zero-order chi connectivity index (χ0) is 37.7. The molecule has 266 valence electrons. The van der Waals surface area contributed by atoms with Gasteiger partial charge in [0.05, 0.1) is 11.4 Å². The molecular formula is C56H37N. The monoisotopic (exact) mass is 723 g/mol. The Morgan fingerprint density at radius 3 is 1.40 bits per heavy atom. The minimum atomic E-state index is 1.10. The van der Waals surface area contributed by atoms with Gasteiger partial charge in [-0.25, -0.2) is 0 Å². The van der Waals surface area contributed by atoms with Crippen molar-refractivity contribution in [2.24, 2.45) is 0 Å². The van der Waals surface area contributed by atoms with Crippen LogP contribution in [0, 0.1) is 0 Å². The molecule has 0 fully saturated rings. The number of hydrogen-bond donors (Lipinski definition) is 0. The number of para-hydroxylation sites is 1. The molecule has 0 amide bonds. The molecule has 0 bridgehead atoms. The van der Waals surface area contributed by atoms with Crippen LogP contribution in [0.15, 0.2) is 224 Å². The summed E-state index contributed by atoms with van der Waals surface area (Å²) < 4.78 is 0. The summed E-state index contributed by atoms with van der Waals surface area (Å²) in [6.45, 7) is 0. The standard InChI is InChI=1S/C56H37N/c1-3-20-45-39(14-1)16-12-27-46(45)42-18-11-19-43(36-42)48-22-9-10-28-55(48)57(56-29-13-17-40-15-2-4-21-47(40)56)44-33-30-38(31-34-44)41-32-35-53-51-25-6-5-23-49(51)50-24-7-8-26-52(50)54(53)37-41/h1-37H. The van der Waals surface area contributed by atoms with E-state index >= 15 is 0 Å². The molecule has 0 spiro atoms. The van der Waals surface area contributed by atoms with Gasteiger partial charge in [0.15, 0.2) is 0 Å². The lowest BCUT2D eigenvalue weighted by Crippen LogP contribution is -2.11. The first-order valence-electron chi connectivity index (χ1n) is 19.7. The first-order valence-corrected chi connectivity index (χ1v) is 19.7. The van der Waals surface area contributed by atoms with Crippen LogP contribution in [-0.4, -0.2) is 0 Å². The highest BCUT2D eigenvalue weighted by Crippen LogP contribution is 2.45. The molecule has 1 heteroatoms. The molecule has 11 rings (SSSR count). The van der Waals surface area contributed by atoms with E-state index < -0.39 is 0 Å². The average molecular weight is 724 g/mol. The Bertz CT molecular complexity index is 3260. The highest BCUT2D eigenvalue weighted by Gasteiger charge is 2.20. The molecule has 0 N–H and O–H groups in total. The predicted octanol–water partition coefficient (Wildman–Crippen LogP) is 15.9. The van der Waals surface area contributed by atoms with Crippen molar-refractivity contribution >= 4 is 70.9 Å². The Balaban J connectivity index is 1.06. The molecule has 0 aliphatic carbocycles. The molecule has 0 saturated carbocycles. The maximum atomic E-state index is 2.44. The Kier molecular flexibility index (Phi) is 7.89. The van der Waals surface area contributed by atoms with E-state index in [0.717, 1.165) is 17.1 Å². The number of nitrogens with zero attached hydrogens (tertiary/aromatic N) is 1. The van der Waals surface area contributed by atoms with Crippen molar-refractivity contribution < 1.29 is 0 Å². The van der Waals surface area contributed by atoms with Crippen LogP contribution in [0.5, 0.6) is 0 Å². The van der Waals surface area contributed by atoms with Gasteiger partial charge in [-0.3, -0.25) is 0 Å². The van der Waals surface area contributed by atoms with Crippen LogP contribution in [0.1, 0.15) is 0 Å². The van der Waals surface area contributed by atoms with E-state index in [1.165, 1.54) is 87.2 Å². The van der Waals surface area contributed by atoms with Crippen molar-refractivity contribution in [2.45, 2.75) is 0 Å². The van der Waals surface area contributed by atoms with Crippen LogP contribution in [0.4, 0.5) is 17.1 Å². The first kappa shape index (κ1) is 32.9. The molecule has 1 nitrogen and oxygen atoms in total. The van der Waals surface area contributed by atoms with E-state index in [-0.39, 0.29) is 0 Å². The molecule has 0 atom stereocenters. The van der Waals surface area contributed by atoms with E-state index in [9.17, 15) is 0 Å². The molecule has 11 aromatic rings. The van der Waals surface area contributed by atoms with Crippen LogP contribution in [0.25, 0.3) is 87.2 Å². The molecule has 0 aromatic heterocycles. The minimum absolute atomic E-state index is 1.10. The fourth-order valence-electron chi connectivity index (χ4n) is 8.95. The molecule has 0 radical (unpaired) electrons. The normalized spacial score (nSPS) is 11.5. The van der Waals surface area contributed by atoms with Crippen molar-refractivity contribution in [3.05, 3.63) is 224 Å². The summed E-state index contributed by atoms with van der Waals surface area (Å²) in [5.41, 5.74) is 10.6. The van der Waals surface area contributed by atoms with E-state index in [0.29, 0.717) is 0 Å². The van der Waals surface area contributed by atoms with E-state index in [1.807, 2.05) is 0 Å². The summed E-state index contributed by atoms with van der Waals surface area (Å²) in [4.78, 5) is 2.44. The molecule has 0 aliphatic heterocycles. The van der Waals surface area contributed by atoms with Crippen LogP contribution < -0.4 is 4.90 Å². The Morgan fingerprint density at radius 2 is 0.684 bits per heavy atom. The molecule has 57 heavy (non-hydrogen) atoms. The second kappa shape index (κ2) is 13.7. The molecule has 0 unspecified atom stereocenters. The van der Waals surface area contributed by atoms with Gasteiger partial charge in [-0.2, -0.15) is 0 Å². The van der Waals surface area contributed by atoms with Gasteiger partial charge in [0.1, 0.15) is 0 Å². The molecular weight excluding hydrogens is 687 g/mol. The quantitative estimate of drug-likeness (QED) is 0.154. The maximum absolute atomic E-state index is 2.44. The number of rotatable bonds is 6. The van der Waals surface area contributed by atoms with Crippen molar-refractivity contribution in [3.63, 3.8) is 0 Å². The largest absolute Gasteiger partial charge is 0.309 e. The lowest BCUT2D eigenvalue weighted by atomic mass is 9.92. The third kappa shape index (κ3) is 5.63. The summed E-state index contributed by atoms with van der Waals surface area (Å²) >= 11 is 0. The van der Waals surface area contributed by atoms with Crippen LogP contribution in [-0.2, 0) is 0 Å². The van der Waals surface area contributed by atoms with Gasteiger partial charge >= 0.3 is 0 Å². The Labute approximate surface area is 332 Å². The number of hydrogen-bond acceptors (Lipinski definition) is 1. The topological polar surface area (TPSA) is 3.24 Å².